The normalized spacial score (nSPS) is 16.5. The molecular weight excluding hydrogens is 222 g/mol. The maximum atomic E-state index is 11.6. The van der Waals surface area contributed by atoms with Crippen LogP contribution in [0.2, 0.25) is 0 Å². The Hall–Kier alpha value is -1.85. The van der Waals surface area contributed by atoms with Gasteiger partial charge in [0.25, 0.3) is 0 Å². The lowest BCUT2D eigenvalue weighted by molar-refractivity contribution is -0.143. The smallest absolute Gasteiger partial charge is 0.329 e. The van der Waals surface area contributed by atoms with Crippen LogP contribution >= 0.6 is 0 Å². The number of aliphatic carboxylic acids is 1. The number of aryl methyl sites for hydroxylation is 2. The van der Waals surface area contributed by atoms with Gasteiger partial charge < -0.3 is 10.4 Å². The van der Waals surface area contributed by atoms with Crippen LogP contribution in [0.1, 0.15) is 24.8 Å². The summed E-state index contributed by atoms with van der Waals surface area (Å²) in [5.74, 6) is -1.15. The molecule has 1 fully saturated rings. The van der Waals surface area contributed by atoms with Crippen LogP contribution in [0.25, 0.3) is 0 Å². The van der Waals surface area contributed by atoms with E-state index in [1.165, 1.54) is 0 Å². The molecule has 1 aliphatic rings. The Balaban J connectivity index is 1.80. The third-order valence-corrected chi connectivity index (χ3v) is 2.94. The van der Waals surface area contributed by atoms with Gasteiger partial charge in [0.05, 0.1) is 6.20 Å². The van der Waals surface area contributed by atoms with Gasteiger partial charge in [-0.25, -0.2) is 4.79 Å². The first kappa shape index (κ1) is 11.6. The maximum absolute atomic E-state index is 11.6. The molecule has 1 aromatic heterocycles. The highest BCUT2D eigenvalue weighted by Gasteiger charge is 2.51. The molecule has 6 nitrogen and oxygen atoms in total. The number of carboxylic acids is 1. The Labute approximate surface area is 98.6 Å². The molecule has 0 unspecified atom stereocenters. The van der Waals surface area contributed by atoms with Crippen LogP contribution in [-0.4, -0.2) is 32.3 Å². The highest BCUT2D eigenvalue weighted by molar-refractivity contribution is 5.89. The summed E-state index contributed by atoms with van der Waals surface area (Å²) in [6.45, 7) is 0. The first-order valence-corrected chi connectivity index (χ1v) is 5.54. The molecule has 1 saturated carbocycles. The second-order valence-corrected chi connectivity index (χ2v) is 4.46. The van der Waals surface area contributed by atoms with E-state index in [0.717, 1.165) is 5.56 Å². The zero-order valence-electron chi connectivity index (χ0n) is 9.64. The zero-order chi connectivity index (χ0) is 12.5. The van der Waals surface area contributed by atoms with Crippen LogP contribution in [-0.2, 0) is 23.1 Å². The van der Waals surface area contributed by atoms with Crippen molar-refractivity contribution in [3.63, 3.8) is 0 Å². The number of nitrogens with zero attached hydrogens (tertiary/aromatic N) is 2. The van der Waals surface area contributed by atoms with Crippen LogP contribution in [0.4, 0.5) is 0 Å². The van der Waals surface area contributed by atoms with Gasteiger partial charge in [0.15, 0.2) is 0 Å². The minimum absolute atomic E-state index is 0.214. The van der Waals surface area contributed by atoms with E-state index in [1.807, 2.05) is 13.2 Å². The van der Waals surface area contributed by atoms with E-state index >= 15 is 0 Å². The quantitative estimate of drug-likeness (QED) is 0.760. The topological polar surface area (TPSA) is 84.2 Å². The summed E-state index contributed by atoms with van der Waals surface area (Å²) >= 11 is 0. The number of hydrogen-bond donors (Lipinski definition) is 2. The van der Waals surface area contributed by atoms with Gasteiger partial charge in [0, 0.05) is 19.7 Å². The summed E-state index contributed by atoms with van der Waals surface area (Å²) in [4.78, 5) is 22.5. The lowest BCUT2D eigenvalue weighted by Gasteiger charge is -2.11. The Bertz CT molecular complexity index is 449. The second kappa shape index (κ2) is 4.20. The van der Waals surface area contributed by atoms with Crippen LogP contribution in [0.3, 0.4) is 0 Å². The molecule has 2 N–H and O–H groups in total. The van der Waals surface area contributed by atoms with Gasteiger partial charge in [-0.1, -0.05) is 0 Å². The number of carbonyl (C=O) groups is 2. The fourth-order valence-corrected chi connectivity index (χ4v) is 1.71. The van der Waals surface area contributed by atoms with E-state index in [1.54, 1.807) is 10.9 Å². The minimum Gasteiger partial charge on any atom is -0.480 e. The Morgan fingerprint density at radius 2 is 2.29 bits per heavy atom. The standard InChI is InChI=1S/C11H15N3O3/c1-14-7-8(6-12-14)2-3-9(15)13-11(4-5-11)10(16)17/h6-7H,2-5H2,1H3,(H,13,15)(H,16,17). The Kier molecular flexibility index (Phi) is 2.87. The minimum atomic E-state index is -0.980. The molecule has 1 aromatic rings. The van der Waals surface area contributed by atoms with Crippen LogP contribution in [0, 0.1) is 0 Å². The summed E-state index contributed by atoms with van der Waals surface area (Å²) in [6, 6.07) is 0. The van der Waals surface area contributed by atoms with E-state index in [0.29, 0.717) is 25.7 Å². The van der Waals surface area contributed by atoms with Crippen molar-refractivity contribution in [1.29, 1.82) is 0 Å². The van der Waals surface area contributed by atoms with Crippen LogP contribution in [0.15, 0.2) is 12.4 Å². The van der Waals surface area contributed by atoms with Gasteiger partial charge in [0.1, 0.15) is 5.54 Å². The van der Waals surface area contributed by atoms with Crippen molar-refractivity contribution < 1.29 is 14.7 Å². The molecule has 6 heteroatoms. The predicted molar refractivity (Wildman–Crippen MR) is 59.3 cm³/mol. The number of nitrogens with one attached hydrogen (secondary N) is 1. The molecule has 0 spiro atoms. The summed E-state index contributed by atoms with van der Waals surface area (Å²) in [7, 11) is 1.81. The molecule has 17 heavy (non-hydrogen) atoms. The highest BCUT2D eigenvalue weighted by Crippen LogP contribution is 2.35. The summed E-state index contributed by atoms with van der Waals surface area (Å²) in [6.07, 6.45) is 5.48. The fraction of sp³-hybridized carbons (Fsp3) is 0.545. The number of carboxylic acid groups (broad SMARTS) is 1. The van der Waals surface area contributed by atoms with Gasteiger partial charge in [-0.2, -0.15) is 5.10 Å². The van der Waals surface area contributed by atoms with Gasteiger partial charge in [-0.3, -0.25) is 9.48 Å². The lowest BCUT2D eigenvalue weighted by atomic mass is 10.2. The number of aromatic nitrogens is 2. The number of amides is 1. The molecule has 1 amide bonds. The van der Waals surface area contributed by atoms with Crippen LogP contribution < -0.4 is 5.32 Å². The Morgan fingerprint density at radius 3 is 2.76 bits per heavy atom. The molecule has 0 atom stereocenters. The Morgan fingerprint density at radius 1 is 1.59 bits per heavy atom. The van der Waals surface area contributed by atoms with Crippen molar-refractivity contribution in [3.8, 4) is 0 Å². The predicted octanol–water partition coefficient (Wildman–Crippen LogP) is 0.0861. The maximum Gasteiger partial charge on any atom is 0.329 e. The molecule has 1 aliphatic carbocycles. The first-order chi connectivity index (χ1) is 8.02. The molecular formula is C11H15N3O3. The van der Waals surface area contributed by atoms with E-state index < -0.39 is 11.5 Å². The second-order valence-electron chi connectivity index (χ2n) is 4.46. The van der Waals surface area contributed by atoms with Crippen molar-refractivity contribution in [2.75, 3.05) is 0 Å². The summed E-state index contributed by atoms with van der Waals surface area (Å²) in [5, 5.41) is 15.5. The zero-order valence-corrected chi connectivity index (χ0v) is 9.64. The van der Waals surface area contributed by atoms with E-state index in [2.05, 4.69) is 10.4 Å². The van der Waals surface area contributed by atoms with Crippen molar-refractivity contribution in [1.82, 2.24) is 15.1 Å². The van der Waals surface area contributed by atoms with Gasteiger partial charge >= 0.3 is 5.97 Å². The molecule has 92 valence electrons. The molecule has 2 rings (SSSR count). The number of carbonyl (C=O) groups excluding carboxylic acids is 1. The third kappa shape index (κ3) is 2.64. The first-order valence-electron chi connectivity index (χ1n) is 5.54. The van der Waals surface area contributed by atoms with Crippen molar-refractivity contribution >= 4 is 11.9 Å². The fourth-order valence-electron chi connectivity index (χ4n) is 1.71. The third-order valence-electron chi connectivity index (χ3n) is 2.94. The summed E-state index contributed by atoms with van der Waals surface area (Å²) < 4.78 is 1.67. The summed E-state index contributed by atoms with van der Waals surface area (Å²) in [5.41, 5.74) is -0.00530. The van der Waals surface area contributed by atoms with Crippen molar-refractivity contribution in [2.45, 2.75) is 31.2 Å². The number of rotatable bonds is 5. The average Bonchev–Trinajstić information content (AvgIpc) is 2.92. The molecule has 0 radical (unpaired) electrons. The van der Waals surface area contributed by atoms with E-state index in [4.69, 9.17) is 5.11 Å². The SMILES string of the molecule is Cn1cc(CCC(=O)NC2(C(=O)O)CC2)cn1. The molecule has 1 heterocycles. The average molecular weight is 237 g/mol. The van der Waals surface area contributed by atoms with Crippen molar-refractivity contribution in [3.05, 3.63) is 18.0 Å². The van der Waals surface area contributed by atoms with E-state index in [9.17, 15) is 9.59 Å². The molecule has 0 aliphatic heterocycles. The lowest BCUT2D eigenvalue weighted by Crippen LogP contribution is -2.43. The monoisotopic (exact) mass is 237 g/mol. The van der Waals surface area contributed by atoms with Gasteiger partial charge in [-0.15, -0.1) is 0 Å². The largest absolute Gasteiger partial charge is 0.480 e. The molecule has 0 bridgehead atoms. The van der Waals surface area contributed by atoms with Crippen LogP contribution in [0.5, 0.6) is 0 Å². The molecule has 0 aromatic carbocycles. The van der Waals surface area contributed by atoms with Crippen molar-refractivity contribution in [2.24, 2.45) is 7.05 Å². The molecule has 0 saturated heterocycles. The van der Waals surface area contributed by atoms with E-state index in [-0.39, 0.29) is 5.91 Å². The van der Waals surface area contributed by atoms with Gasteiger partial charge in [-0.05, 0) is 24.8 Å². The highest BCUT2D eigenvalue weighted by atomic mass is 16.4. The number of hydrogen-bond acceptors (Lipinski definition) is 3. The van der Waals surface area contributed by atoms with Gasteiger partial charge in [0.2, 0.25) is 5.91 Å².